The number of aromatic nitrogens is 4. The van der Waals surface area contributed by atoms with Gasteiger partial charge in [0.05, 0.1) is 18.4 Å². The monoisotopic (exact) mass is 307 g/mol. The van der Waals surface area contributed by atoms with E-state index in [4.69, 9.17) is 0 Å². The van der Waals surface area contributed by atoms with Gasteiger partial charge in [-0.2, -0.15) is 5.10 Å². The van der Waals surface area contributed by atoms with Crippen molar-refractivity contribution in [1.82, 2.24) is 25.1 Å². The number of carbonyl (C=O) groups excluding carboxylic acids is 1. The smallest absolute Gasteiger partial charge is 0.271 e. The molecule has 0 aliphatic carbocycles. The number of rotatable bonds is 5. The summed E-state index contributed by atoms with van der Waals surface area (Å²) in [4.78, 5) is 20.1. The number of nitrogens with zero attached hydrogens (tertiary/aromatic N) is 4. The molecule has 2 aromatic heterocycles. The first-order valence-corrected chi connectivity index (χ1v) is 7.33. The Bertz CT molecular complexity index is 764. The molecular formula is C17H17N5O. The van der Waals surface area contributed by atoms with E-state index in [2.05, 4.69) is 20.4 Å². The molecule has 2 heterocycles. The molecule has 0 saturated carbocycles. The first kappa shape index (κ1) is 14.9. The van der Waals surface area contributed by atoms with Crippen molar-refractivity contribution in [2.24, 2.45) is 0 Å². The largest absolute Gasteiger partial charge is 0.347 e. The molecule has 0 saturated heterocycles. The van der Waals surface area contributed by atoms with Crippen molar-refractivity contribution in [2.75, 3.05) is 0 Å². The van der Waals surface area contributed by atoms with Crippen molar-refractivity contribution in [2.45, 2.75) is 20.0 Å². The van der Waals surface area contributed by atoms with E-state index in [0.29, 0.717) is 12.2 Å². The predicted molar refractivity (Wildman–Crippen MR) is 85.7 cm³/mol. The Morgan fingerprint density at radius 3 is 2.57 bits per heavy atom. The standard InChI is InChI=1S/C17H17N5O/c1-13-9-19-16(11-18-13)17(23)20-10-14-3-5-15(6-4-14)12-22-8-2-7-21-22/h2-9,11H,10,12H2,1H3,(H,20,23). The third-order valence-corrected chi connectivity index (χ3v) is 3.39. The first-order chi connectivity index (χ1) is 11.2. The molecule has 116 valence electrons. The Hall–Kier alpha value is -3.02. The molecule has 0 unspecified atom stereocenters. The van der Waals surface area contributed by atoms with E-state index in [1.807, 2.05) is 48.1 Å². The maximum Gasteiger partial charge on any atom is 0.271 e. The molecule has 0 aliphatic rings. The number of aryl methyl sites for hydroxylation is 1. The third kappa shape index (κ3) is 4.00. The van der Waals surface area contributed by atoms with E-state index >= 15 is 0 Å². The lowest BCUT2D eigenvalue weighted by atomic mass is 10.1. The van der Waals surface area contributed by atoms with E-state index in [1.165, 1.54) is 6.20 Å². The van der Waals surface area contributed by atoms with Gasteiger partial charge in [0.25, 0.3) is 5.91 Å². The average Bonchev–Trinajstić information content (AvgIpc) is 3.07. The lowest BCUT2D eigenvalue weighted by Gasteiger charge is -2.07. The molecule has 6 heteroatoms. The predicted octanol–water partition coefficient (Wildman–Crippen LogP) is 1.96. The molecule has 0 fully saturated rings. The van der Waals surface area contributed by atoms with Gasteiger partial charge in [-0.15, -0.1) is 0 Å². The normalized spacial score (nSPS) is 10.5. The van der Waals surface area contributed by atoms with E-state index in [-0.39, 0.29) is 5.91 Å². The van der Waals surface area contributed by atoms with Crippen molar-refractivity contribution in [1.29, 1.82) is 0 Å². The number of amides is 1. The second-order valence-corrected chi connectivity index (χ2v) is 5.25. The highest BCUT2D eigenvalue weighted by Crippen LogP contribution is 2.06. The van der Waals surface area contributed by atoms with Crippen LogP contribution in [0.15, 0.2) is 55.1 Å². The number of carbonyl (C=O) groups is 1. The van der Waals surface area contributed by atoms with Crippen LogP contribution in [-0.4, -0.2) is 25.7 Å². The van der Waals surface area contributed by atoms with Crippen molar-refractivity contribution in [3.05, 3.63) is 77.6 Å². The topological polar surface area (TPSA) is 72.7 Å². The fourth-order valence-electron chi connectivity index (χ4n) is 2.13. The van der Waals surface area contributed by atoms with E-state index in [9.17, 15) is 4.79 Å². The van der Waals surface area contributed by atoms with Crippen LogP contribution in [0.1, 0.15) is 27.3 Å². The minimum atomic E-state index is -0.224. The zero-order valence-corrected chi connectivity index (χ0v) is 12.8. The minimum absolute atomic E-state index is 0.224. The summed E-state index contributed by atoms with van der Waals surface area (Å²) in [5.41, 5.74) is 3.30. The van der Waals surface area contributed by atoms with Gasteiger partial charge in [0.15, 0.2) is 0 Å². The highest BCUT2D eigenvalue weighted by Gasteiger charge is 2.07. The average molecular weight is 307 g/mol. The van der Waals surface area contributed by atoms with Gasteiger partial charge >= 0.3 is 0 Å². The van der Waals surface area contributed by atoms with Crippen LogP contribution in [0.3, 0.4) is 0 Å². The van der Waals surface area contributed by atoms with Crippen LogP contribution < -0.4 is 5.32 Å². The van der Waals surface area contributed by atoms with Crippen molar-refractivity contribution >= 4 is 5.91 Å². The molecule has 3 rings (SSSR count). The summed E-state index contributed by atoms with van der Waals surface area (Å²) in [6.45, 7) is 3.02. The molecule has 0 bridgehead atoms. The molecule has 1 amide bonds. The number of benzene rings is 1. The van der Waals surface area contributed by atoms with Crippen LogP contribution in [0.25, 0.3) is 0 Å². The summed E-state index contributed by atoms with van der Waals surface area (Å²) in [6.07, 6.45) is 6.76. The molecule has 3 aromatic rings. The minimum Gasteiger partial charge on any atom is -0.347 e. The zero-order chi connectivity index (χ0) is 16.1. The molecule has 1 N–H and O–H groups in total. The third-order valence-electron chi connectivity index (χ3n) is 3.39. The van der Waals surface area contributed by atoms with Gasteiger partial charge in [-0.3, -0.25) is 14.5 Å². The van der Waals surface area contributed by atoms with Crippen LogP contribution in [0, 0.1) is 6.92 Å². The van der Waals surface area contributed by atoms with E-state index in [1.54, 1.807) is 12.4 Å². The fraction of sp³-hybridized carbons (Fsp3) is 0.176. The summed E-state index contributed by atoms with van der Waals surface area (Å²) >= 11 is 0. The highest BCUT2D eigenvalue weighted by molar-refractivity contribution is 5.91. The van der Waals surface area contributed by atoms with Gasteiger partial charge in [0.1, 0.15) is 5.69 Å². The molecule has 0 radical (unpaired) electrons. The van der Waals surface area contributed by atoms with Gasteiger partial charge in [0.2, 0.25) is 0 Å². The summed E-state index contributed by atoms with van der Waals surface area (Å²) in [5, 5.41) is 7.02. The van der Waals surface area contributed by atoms with E-state index < -0.39 is 0 Å². The molecule has 23 heavy (non-hydrogen) atoms. The van der Waals surface area contributed by atoms with Crippen LogP contribution >= 0.6 is 0 Å². The Morgan fingerprint density at radius 2 is 1.91 bits per heavy atom. The quantitative estimate of drug-likeness (QED) is 0.782. The molecular weight excluding hydrogens is 290 g/mol. The summed E-state index contributed by atoms with van der Waals surface area (Å²) in [7, 11) is 0. The van der Waals surface area contributed by atoms with Crippen molar-refractivity contribution in [3.8, 4) is 0 Å². The number of hydrogen-bond acceptors (Lipinski definition) is 4. The molecule has 0 aliphatic heterocycles. The van der Waals surface area contributed by atoms with Crippen molar-refractivity contribution < 1.29 is 4.79 Å². The summed E-state index contributed by atoms with van der Waals surface area (Å²) in [5.74, 6) is -0.224. The maximum absolute atomic E-state index is 12.0. The second-order valence-electron chi connectivity index (χ2n) is 5.25. The number of nitrogens with one attached hydrogen (secondary N) is 1. The molecule has 0 spiro atoms. The Balaban J connectivity index is 1.56. The Kier molecular flexibility index (Phi) is 4.42. The van der Waals surface area contributed by atoms with Gasteiger partial charge in [0, 0.05) is 25.1 Å². The highest BCUT2D eigenvalue weighted by atomic mass is 16.1. The molecule has 6 nitrogen and oxygen atoms in total. The zero-order valence-electron chi connectivity index (χ0n) is 12.8. The first-order valence-electron chi connectivity index (χ1n) is 7.33. The SMILES string of the molecule is Cc1cnc(C(=O)NCc2ccc(Cn3cccn3)cc2)cn1. The van der Waals surface area contributed by atoms with Crippen LogP contribution in [-0.2, 0) is 13.1 Å². The van der Waals surface area contributed by atoms with Crippen LogP contribution in [0.4, 0.5) is 0 Å². The lowest BCUT2D eigenvalue weighted by molar-refractivity contribution is 0.0945. The fourth-order valence-corrected chi connectivity index (χ4v) is 2.13. The van der Waals surface area contributed by atoms with Gasteiger partial charge in [-0.1, -0.05) is 24.3 Å². The molecule has 0 atom stereocenters. The Morgan fingerprint density at radius 1 is 1.13 bits per heavy atom. The van der Waals surface area contributed by atoms with Crippen LogP contribution in [0.2, 0.25) is 0 Å². The van der Waals surface area contributed by atoms with Crippen molar-refractivity contribution in [3.63, 3.8) is 0 Å². The number of hydrogen-bond donors (Lipinski definition) is 1. The van der Waals surface area contributed by atoms with Gasteiger partial charge < -0.3 is 5.32 Å². The molecule has 1 aromatic carbocycles. The van der Waals surface area contributed by atoms with Crippen LogP contribution in [0.5, 0.6) is 0 Å². The maximum atomic E-state index is 12.0. The van der Waals surface area contributed by atoms with E-state index in [0.717, 1.165) is 23.4 Å². The second kappa shape index (κ2) is 6.83. The Labute approximate surface area is 134 Å². The lowest BCUT2D eigenvalue weighted by Crippen LogP contribution is -2.24. The van der Waals surface area contributed by atoms with Gasteiger partial charge in [-0.25, -0.2) is 4.98 Å². The summed E-state index contributed by atoms with van der Waals surface area (Å²) < 4.78 is 1.87. The van der Waals surface area contributed by atoms with Gasteiger partial charge in [-0.05, 0) is 24.1 Å². The summed E-state index contributed by atoms with van der Waals surface area (Å²) in [6, 6.07) is 9.97.